The third kappa shape index (κ3) is 1.99. The van der Waals surface area contributed by atoms with Gasteiger partial charge in [-0.25, -0.2) is 0 Å². The lowest BCUT2D eigenvalue weighted by Crippen LogP contribution is -2.30. The third-order valence-corrected chi connectivity index (χ3v) is 4.98. The fourth-order valence-electron chi connectivity index (χ4n) is 3.56. The zero-order valence-electron chi connectivity index (χ0n) is 11.3. The van der Waals surface area contributed by atoms with Crippen molar-refractivity contribution in [2.45, 2.75) is 53.4 Å². The van der Waals surface area contributed by atoms with Crippen molar-refractivity contribution in [3.8, 4) is 0 Å². The van der Waals surface area contributed by atoms with Gasteiger partial charge in [0.1, 0.15) is 0 Å². The molecule has 16 heavy (non-hydrogen) atoms. The molecule has 0 aromatic heterocycles. The normalized spacial score (nSPS) is 38.6. The molecule has 0 heterocycles. The first-order valence-corrected chi connectivity index (χ1v) is 6.78. The van der Waals surface area contributed by atoms with Crippen molar-refractivity contribution in [3.05, 3.63) is 23.8 Å². The van der Waals surface area contributed by atoms with Crippen molar-refractivity contribution in [3.63, 3.8) is 0 Å². The minimum atomic E-state index is 0.458. The zero-order valence-corrected chi connectivity index (χ0v) is 11.3. The van der Waals surface area contributed by atoms with Crippen LogP contribution in [-0.4, -0.2) is 0 Å². The highest BCUT2D eigenvalue weighted by molar-refractivity contribution is 5.20. The minimum Gasteiger partial charge on any atom is -0.0993 e. The predicted molar refractivity (Wildman–Crippen MR) is 71.3 cm³/mol. The molecule has 0 N–H and O–H groups in total. The van der Waals surface area contributed by atoms with Gasteiger partial charge < -0.3 is 0 Å². The highest BCUT2D eigenvalue weighted by Crippen LogP contribution is 2.50. The van der Waals surface area contributed by atoms with E-state index in [9.17, 15) is 0 Å². The van der Waals surface area contributed by atoms with Crippen LogP contribution < -0.4 is 0 Å². The molecule has 1 saturated carbocycles. The van der Waals surface area contributed by atoms with E-state index in [1.165, 1.54) is 31.3 Å². The summed E-state index contributed by atoms with van der Waals surface area (Å²) >= 11 is 0. The van der Waals surface area contributed by atoms with Gasteiger partial charge in [-0.3, -0.25) is 0 Å². The summed E-state index contributed by atoms with van der Waals surface area (Å²) < 4.78 is 0. The Morgan fingerprint density at radius 3 is 2.69 bits per heavy atom. The average Bonchev–Trinajstić information content (AvgIpc) is 2.31. The second kappa shape index (κ2) is 4.05. The fraction of sp³-hybridized carbons (Fsp3) is 0.750. The van der Waals surface area contributed by atoms with Gasteiger partial charge in [0.25, 0.3) is 0 Å². The van der Waals surface area contributed by atoms with E-state index in [-0.39, 0.29) is 0 Å². The van der Waals surface area contributed by atoms with Crippen LogP contribution in [0.5, 0.6) is 0 Å². The first kappa shape index (κ1) is 12.0. The second-order valence-electron chi connectivity index (χ2n) is 6.69. The Kier molecular flexibility index (Phi) is 3.03. The summed E-state index contributed by atoms with van der Waals surface area (Å²) in [6.07, 6.45) is 7.84. The lowest BCUT2D eigenvalue weighted by atomic mass is 9.65. The Balaban J connectivity index is 2.37. The van der Waals surface area contributed by atoms with E-state index in [2.05, 4.69) is 40.3 Å². The largest absolute Gasteiger partial charge is 0.0993 e. The zero-order chi connectivity index (χ0) is 11.9. The van der Waals surface area contributed by atoms with Gasteiger partial charge in [-0.05, 0) is 55.8 Å². The van der Waals surface area contributed by atoms with Crippen molar-refractivity contribution in [1.82, 2.24) is 0 Å². The summed E-state index contributed by atoms with van der Waals surface area (Å²) in [5, 5.41) is 0. The maximum atomic E-state index is 4.40. The van der Waals surface area contributed by atoms with E-state index in [1.807, 2.05) is 0 Å². The predicted octanol–water partition coefficient (Wildman–Crippen LogP) is 4.97. The Morgan fingerprint density at radius 2 is 2.00 bits per heavy atom. The van der Waals surface area contributed by atoms with Crippen molar-refractivity contribution in [1.29, 1.82) is 0 Å². The highest BCUT2D eigenvalue weighted by Gasteiger charge is 2.40. The van der Waals surface area contributed by atoms with Crippen molar-refractivity contribution in [2.24, 2.45) is 23.2 Å². The Hall–Kier alpha value is -0.520. The van der Waals surface area contributed by atoms with Crippen LogP contribution in [0.15, 0.2) is 23.8 Å². The number of hydrogen-bond acceptors (Lipinski definition) is 0. The number of rotatable bonds is 0. The monoisotopic (exact) mass is 218 g/mol. The molecule has 0 heteroatoms. The van der Waals surface area contributed by atoms with E-state index in [4.69, 9.17) is 0 Å². The first-order valence-electron chi connectivity index (χ1n) is 6.78. The maximum absolute atomic E-state index is 4.40. The summed E-state index contributed by atoms with van der Waals surface area (Å²) in [6.45, 7) is 14.0. The van der Waals surface area contributed by atoms with Gasteiger partial charge in [0.2, 0.25) is 0 Å². The smallest absolute Gasteiger partial charge is 0.0114 e. The molecule has 1 fully saturated rings. The summed E-state index contributed by atoms with van der Waals surface area (Å²) in [5.74, 6) is 2.20. The SMILES string of the molecule is C=C1[C@@H](C)CCC(C)(C)[C@H]2C=C(C)CC[C@@H]12. The molecule has 0 radical (unpaired) electrons. The van der Waals surface area contributed by atoms with Crippen molar-refractivity contribution >= 4 is 0 Å². The second-order valence-corrected chi connectivity index (χ2v) is 6.69. The molecule has 0 bridgehead atoms. The molecular weight excluding hydrogens is 192 g/mol. The number of fused-ring (bicyclic) bond motifs is 1. The van der Waals surface area contributed by atoms with Crippen molar-refractivity contribution in [2.75, 3.05) is 0 Å². The molecule has 3 atom stereocenters. The van der Waals surface area contributed by atoms with Crippen LogP contribution in [0.1, 0.15) is 53.4 Å². The van der Waals surface area contributed by atoms with Crippen LogP contribution in [0, 0.1) is 23.2 Å². The molecular formula is C16H26. The molecule has 90 valence electrons. The van der Waals surface area contributed by atoms with Gasteiger partial charge in [-0.2, -0.15) is 0 Å². The molecule has 0 amide bonds. The molecule has 0 spiro atoms. The fourth-order valence-corrected chi connectivity index (χ4v) is 3.56. The van der Waals surface area contributed by atoms with Crippen LogP contribution in [0.3, 0.4) is 0 Å². The van der Waals surface area contributed by atoms with Gasteiger partial charge in [-0.1, -0.05) is 44.6 Å². The van der Waals surface area contributed by atoms with E-state index in [1.54, 1.807) is 5.57 Å². The molecule has 0 aromatic carbocycles. The standard InChI is InChI=1S/C16H26/c1-11-6-7-14-13(3)12(2)8-9-16(4,5)15(14)10-11/h10,12,14-15H,3,6-9H2,1-2,4-5H3/t12-,14-,15-/m0/s1. The molecule has 0 aromatic rings. The average molecular weight is 218 g/mol. The molecule has 2 aliphatic rings. The molecule has 0 saturated heterocycles. The minimum absolute atomic E-state index is 0.458. The maximum Gasteiger partial charge on any atom is -0.0114 e. The Labute approximate surface area is 101 Å². The van der Waals surface area contributed by atoms with Gasteiger partial charge in [0, 0.05) is 0 Å². The number of hydrogen-bond donors (Lipinski definition) is 0. The van der Waals surface area contributed by atoms with Crippen molar-refractivity contribution < 1.29 is 0 Å². The van der Waals surface area contributed by atoms with Crippen LogP contribution in [0.4, 0.5) is 0 Å². The summed E-state index contributed by atoms with van der Waals surface area (Å²) in [7, 11) is 0. The lowest BCUT2D eigenvalue weighted by molar-refractivity contribution is 0.186. The third-order valence-electron chi connectivity index (χ3n) is 4.98. The number of allylic oxidation sites excluding steroid dienone is 3. The van der Waals surface area contributed by atoms with E-state index >= 15 is 0 Å². The topological polar surface area (TPSA) is 0 Å². The summed E-state index contributed by atoms with van der Waals surface area (Å²) in [6, 6.07) is 0. The summed E-state index contributed by atoms with van der Waals surface area (Å²) in [4.78, 5) is 0. The van der Waals surface area contributed by atoms with E-state index in [0.29, 0.717) is 5.41 Å². The lowest BCUT2D eigenvalue weighted by Gasteiger charge is -2.39. The van der Waals surface area contributed by atoms with E-state index in [0.717, 1.165) is 17.8 Å². The van der Waals surface area contributed by atoms with Gasteiger partial charge >= 0.3 is 0 Å². The van der Waals surface area contributed by atoms with Crippen LogP contribution in [0.25, 0.3) is 0 Å². The van der Waals surface area contributed by atoms with Gasteiger partial charge in [-0.15, -0.1) is 0 Å². The van der Waals surface area contributed by atoms with Crippen LogP contribution in [-0.2, 0) is 0 Å². The quantitative estimate of drug-likeness (QED) is 0.503. The molecule has 0 aliphatic heterocycles. The van der Waals surface area contributed by atoms with Gasteiger partial charge in [0.05, 0.1) is 0 Å². The Morgan fingerprint density at radius 1 is 1.31 bits per heavy atom. The molecule has 0 nitrogen and oxygen atoms in total. The Bertz CT molecular complexity index is 319. The first-order chi connectivity index (χ1) is 7.42. The highest BCUT2D eigenvalue weighted by atomic mass is 14.4. The summed E-state index contributed by atoms with van der Waals surface area (Å²) in [5.41, 5.74) is 3.58. The van der Waals surface area contributed by atoms with Crippen LogP contribution >= 0.6 is 0 Å². The van der Waals surface area contributed by atoms with Crippen LogP contribution in [0.2, 0.25) is 0 Å². The molecule has 0 unspecified atom stereocenters. The molecule has 2 aliphatic carbocycles. The van der Waals surface area contributed by atoms with Gasteiger partial charge in [0.15, 0.2) is 0 Å². The molecule has 2 rings (SSSR count). The van der Waals surface area contributed by atoms with E-state index < -0.39 is 0 Å².